The van der Waals surface area contributed by atoms with Crippen molar-refractivity contribution in [3.05, 3.63) is 0 Å². The highest BCUT2D eigenvalue weighted by molar-refractivity contribution is 7.80. The minimum Gasteiger partial charge on any atom is -0.392 e. The lowest BCUT2D eigenvalue weighted by Crippen LogP contribution is -2.58. The zero-order chi connectivity index (χ0) is 14.0. The van der Waals surface area contributed by atoms with Crippen LogP contribution in [-0.4, -0.2) is 42.6 Å². The predicted octanol–water partition coefficient (Wildman–Crippen LogP) is 1.57. The minimum absolute atomic E-state index is 0.161. The SMILES string of the molecule is COCC1CCN(C(=O)C2(C(N)=S)CC(C)C2)CC1. The quantitative estimate of drug-likeness (QED) is 0.796. The number of rotatable bonds is 4. The maximum absolute atomic E-state index is 12.7. The highest BCUT2D eigenvalue weighted by atomic mass is 32.1. The number of nitrogens with two attached hydrogens (primary N) is 1. The molecule has 1 aliphatic heterocycles. The molecule has 5 heteroatoms. The number of carbonyl (C=O) groups is 1. The average molecular weight is 284 g/mol. The molecule has 1 saturated heterocycles. The molecule has 0 aromatic heterocycles. The summed E-state index contributed by atoms with van der Waals surface area (Å²) in [6.45, 7) is 4.56. The monoisotopic (exact) mass is 284 g/mol. The van der Waals surface area contributed by atoms with Crippen molar-refractivity contribution < 1.29 is 9.53 Å². The van der Waals surface area contributed by atoms with Crippen LogP contribution >= 0.6 is 12.2 Å². The Morgan fingerprint density at radius 1 is 1.42 bits per heavy atom. The van der Waals surface area contributed by atoms with Crippen LogP contribution in [0.5, 0.6) is 0 Å². The molecule has 2 N–H and O–H groups in total. The zero-order valence-corrected chi connectivity index (χ0v) is 12.7. The van der Waals surface area contributed by atoms with Gasteiger partial charge in [0.2, 0.25) is 5.91 Å². The first-order chi connectivity index (χ1) is 8.99. The summed E-state index contributed by atoms with van der Waals surface area (Å²) in [4.78, 5) is 15.0. The highest BCUT2D eigenvalue weighted by Crippen LogP contribution is 2.47. The van der Waals surface area contributed by atoms with Crippen LogP contribution in [0, 0.1) is 17.3 Å². The van der Waals surface area contributed by atoms with Gasteiger partial charge in [0.1, 0.15) is 0 Å². The van der Waals surface area contributed by atoms with Crippen LogP contribution in [0.1, 0.15) is 32.6 Å². The molecule has 2 fully saturated rings. The van der Waals surface area contributed by atoms with Crippen LogP contribution in [-0.2, 0) is 9.53 Å². The molecule has 0 spiro atoms. The van der Waals surface area contributed by atoms with E-state index in [4.69, 9.17) is 22.7 Å². The predicted molar refractivity (Wildman–Crippen MR) is 78.8 cm³/mol. The smallest absolute Gasteiger partial charge is 0.235 e. The number of nitrogens with zero attached hydrogens (tertiary/aromatic N) is 1. The molecule has 0 atom stereocenters. The zero-order valence-electron chi connectivity index (χ0n) is 11.9. The van der Waals surface area contributed by atoms with E-state index in [0.717, 1.165) is 45.4 Å². The third-order valence-corrected chi connectivity index (χ3v) is 4.97. The van der Waals surface area contributed by atoms with Crippen molar-refractivity contribution in [2.75, 3.05) is 26.8 Å². The van der Waals surface area contributed by atoms with E-state index < -0.39 is 5.41 Å². The summed E-state index contributed by atoms with van der Waals surface area (Å²) in [5.41, 5.74) is 5.30. The second kappa shape index (κ2) is 5.75. The Bertz CT molecular complexity index is 358. The van der Waals surface area contributed by atoms with Gasteiger partial charge in [0.25, 0.3) is 0 Å². The maximum Gasteiger partial charge on any atom is 0.235 e. The third-order valence-electron chi connectivity index (χ3n) is 4.58. The Morgan fingerprint density at radius 3 is 2.42 bits per heavy atom. The summed E-state index contributed by atoms with van der Waals surface area (Å²) in [5.74, 6) is 1.29. The highest BCUT2D eigenvalue weighted by Gasteiger charge is 2.52. The van der Waals surface area contributed by atoms with Gasteiger partial charge in [0.15, 0.2) is 0 Å². The van der Waals surface area contributed by atoms with Crippen LogP contribution < -0.4 is 5.73 Å². The van der Waals surface area contributed by atoms with Gasteiger partial charge in [0.05, 0.1) is 10.4 Å². The number of hydrogen-bond donors (Lipinski definition) is 1. The van der Waals surface area contributed by atoms with Crippen molar-refractivity contribution in [2.45, 2.75) is 32.6 Å². The number of hydrogen-bond acceptors (Lipinski definition) is 3. The van der Waals surface area contributed by atoms with Gasteiger partial charge < -0.3 is 15.4 Å². The van der Waals surface area contributed by atoms with E-state index in [-0.39, 0.29) is 5.91 Å². The Kier molecular flexibility index (Phi) is 4.46. The summed E-state index contributed by atoms with van der Waals surface area (Å²) in [7, 11) is 1.73. The molecule has 0 bridgehead atoms. The number of amides is 1. The molecular formula is C14H24N2O2S. The van der Waals surface area contributed by atoms with E-state index in [1.165, 1.54) is 0 Å². The Balaban J connectivity index is 1.95. The summed E-state index contributed by atoms with van der Waals surface area (Å²) >= 11 is 5.15. The molecule has 0 radical (unpaired) electrons. The molecule has 1 aliphatic carbocycles. The largest absolute Gasteiger partial charge is 0.392 e. The van der Waals surface area contributed by atoms with E-state index in [1.807, 2.05) is 4.90 Å². The van der Waals surface area contributed by atoms with Crippen molar-refractivity contribution in [2.24, 2.45) is 23.0 Å². The molecule has 108 valence electrons. The molecular weight excluding hydrogens is 260 g/mol. The van der Waals surface area contributed by atoms with Crippen molar-refractivity contribution in [3.8, 4) is 0 Å². The van der Waals surface area contributed by atoms with E-state index in [1.54, 1.807) is 7.11 Å². The molecule has 0 unspecified atom stereocenters. The van der Waals surface area contributed by atoms with E-state index in [9.17, 15) is 4.79 Å². The van der Waals surface area contributed by atoms with Gasteiger partial charge in [-0.25, -0.2) is 0 Å². The molecule has 1 saturated carbocycles. The summed E-state index contributed by atoms with van der Waals surface area (Å²) in [6.07, 6.45) is 3.67. The lowest BCUT2D eigenvalue weighted by Gasteiger charge is -2.47. The van der Waals surface area contributed by atoms with Gasteiger partial charge in [-0.1, -0.05) is 19.1 Å². The minimum atomic E-state index is -0.539. The average Bonchev–Trinajstić information content (AvgIpc) is 2.35. The van der Waals surface area contributed by atoms with Gasteiger partial charge in [0, 0.05) is 26.8 Å². The van der Waals surface area contributed by atoms with Crippen LogP contribution in [0.3, 0.4) is 0 Å². The second-order valence-electron chi connectivity index (χ2n) is 6.15. The summed E-state index contributed by atoms with van der Waals surface area (Å²) in [5, 5.41) is 0. The molecule has 2 rings (SSSR count). The normalized spacial score (nSPS) is 31.9. The van der Waals surface area contributed by atoms with Gasteiger partial charge in [-0.3, -0.25) is 4.79 Å². The number of thiocarbonyl (C=S) groups is 1. The maximum atomic E-state index is 12.7. The number of carbonyl (C=O) groups excluding carboxylic acids is 1. The first-order valence-corrected chi connectivity index (χ1v) is 7.48. The molecule has 1 heterocycles. The van der Waals surface area contributed by atoms with Gasteiger partial charge >= 0.3 is 0 Å². The fourth-order valence-corrected chi connectivity index (χ4v) is 3.71. The Morgan fingerprint density at radius 2 is 2.00 bits per heavy atom. The van der Waals surface area contributed by atoms with E-state index in [2.05, 4.69) is 6.92 Å². The fourth-order valence-electron chi connectivity index (χ4n) is 3.45. The van der Waals surface area contributed by atoms with Gasteiger partial charge in [-0.05, 0) is 37.5 Å². The van der Waals surface area contributed by atoms with Crippen LogP contribution in [0.2, 0.25) is 0 Å². The van der Waals surface area contributed by atoms with Crippen molar-refractivity contribution >= 4 is 23.1 Å². The van der Waals surface area contributed by atoms with Crippen molar-refractivity contribution in [1.29, 1.82) is 0 Å². The number of likely N-dealkylation sites (tertiary alicyclic amines) is 1. The van der Waals surface area contributed by atoms with Gasteiger partial charge in [-0.2, -0.15) is 0 Å². The fraction of sp³-hybridized carbons (Fsp3) is 0.857. The molecule has 0 aromatic rings. The lowest BCUT2D eigenvalue weighted by molar-refractivity contribution is -0.145. The lowest BCUT2D eigenvalue weighted by atomic mass is 9.61. The third kappa shape index (κ3) is 2.77. The van der Waals surface area contributed by atoms with Crippen molar-refractivity contribution in [3.63, 3.8) is 0 Å². The van der Waals surface area contributed by atoms with E-state index in [0.29, 0.717) is 16.8 Å². The molecule has 0 aromatic carbocycles. The van der Waals surface area contributed by atoms with Gasteiger partial charge in [-0.15, -0.1) is 0 Å². The first kappa shape index (κ1) is 14.7. The Hall–Kier alpha value is -0.680. The topological polar surface area (TPSA) is 55.6 Å². The van der Waals surface area contributed by atoms with Crippen LogP contribution in [0.15, 0.2) is 0 Å². The van der Waals surface area contributed by atoms with E-state index >= 15 is 0 Å². The van der Waals surface area contributed by atoms with Crippen LogP contribution in [0.25, 0.3) is 0 Å². The number of piperidine rings is 1. The van der Waals surface area contributed by atoms with Crippen molar-refractivity contribution in [1.82, 2.24) is 4.90 Å². The number of methoxy groups -OCH3 is 1. The second-order valence-corrected chi connectivity index (χ2v) is 6.59. The summed E-state index contributed by atoms with van der Waals surface area (Å²) < 4.78 is 5.18. The molecule has 1 amide bonds. The Labute approximate surface area is 120 Å². The molecule has 2 aliphatic rings. The van der Waals surface area contributed by atoms with Crippen LogP contribution in [0.4, 0.5) is 0 Å². The molecule has 4 nitrogen and oxygen atoms in total. The molecule has 19 heavy (non-hydrogen) atoms. The number of ether oxygens (including phenoxy) is 1. The standard InChI is InChI=1S/C14H24N2O2S/c1-10-7-14(8-10,12(15)19)13(17)16-5-3-11(4-6-16)9-18-2/h10-11H,3-9H2,1-2H3,(H2,15,19). The first-order valence-electron chi connectivity index (χ1n) is 7.08. The summed E-state index contributed by atoms with van der Waals surface area (Å²) in [6, 6.07) is 0.